The molecule has 1 saturated heterocycles. The van der Waals surface area contributed by atoms with Gasteiger partial charge in [0.05, 0.1) is 25.3 Å². The minimum atomic E-state index is 0.0172. The molecule has 2 aromatic carbocycles. The van der Waals surface area contributed by atoms with Gasteiger partial charge in [-0.1, -0.05) is 61.0 Å². The molecule has 0 radical (unpaired) electrons. The van der Waals surface area contributed by atoms with Gasteiger partial charge in [-0.3, -0.25) is 4.79 Å². The van der Waals surface area contributed by atoms with E-state index in [2.05, 4.69) is 43.0 Å². The van der Waals surface area contributed by atoms with Gasteiger partial charge in [-0.15, -0.1) is 0 Å². The Morgan fingerprint density at radius 3 is 2.53 bits per heavy atom. The van der Waals surface area contributed by atoms with Crippen LogP contribution < -0.4 is 4.90 Å². The van der Waals surface area contributed by atoms with E-state index in [4.69, 9.17) is 9.26 Å². The minimum Gasteiger partial charge on any atom is -0.378 e. The van der Waals surface area contributed by atoms with Crippen molar-refractivity contribution in [3.05, 3.63) is 71.3 Å². The number of carbonyl (C=O) groups excluding carboxylic acids is 1. The third-order valence-corrected chi connectivity index (χ3v) is 5.60. The monoisotopic (exact) mass is 433 g/mol. The number of ether oxygens (including phenoxy) is 1. The van der Waals surface area contributed by atoms with Crippen LogP contribution in [0.4, 0.5) is 5.88 Å². The number of hydrogen-bond acceptors (Lipinski definition) is 5. The van der Waals surface area contributed by atoms with Crippen molar-refractivity contribution in [3.63, 3.8) is 0 Å². The quantitative estimate of drug-likeness (QED) is 0.536. The van der Waals surface area contributed by atoms with Gasteiger partial charge in [0.1, 0.15) is 5.69 Å². The van der Waals surface area contributed by atoms with Crippen LogP contribution >= 0.6 is 0 Å². The number of carbonyl (C=O) groups is 1. The summed E-state index contributed by atoms with van der Waals surface area (Å²) in [6.07, 6.45) is 0. The van der Waals surface area contributed by atoms with Gasteiger partial charge < -0.3 is 19.1 Å². The maximum atomic E-state index is 13.4. The fourth-order valence-electron chi connectivity index (χ4n) is 4.09. The van der Waals surface area contributed by atoms with Gasteiger partial charge in [0.2, 0.25) is 5.88 Å². The molecule has 1 fully saturated rings. The predicted octanol–water partition coefficient (Wildman–Crippen LogP) is 4.79. The Labute approximate surface area is 189 Å². The lowest BCUT2D eigenvalue weighted by atomic mass is 10.0. The van der Waals surface area contributed by atoms with E-state index in [9.17, 15) is 4.79 Å². The number of benzene rings is 2. The van der Waals surface area contributed by atoms with Crippen LogP contribution in [0.15, 0.2) is 59.1 Å². The summed E-state index contributed by atoms with van der Waals surface area (Å²) in [5.74, 6) is 1.08. The zero-order valence-electron chi connectivity index (χ0n) is 19.1. The molecule has 168 valence electrons. The third kappa shape index (κ3) is 5.02. The molecular weight excluding hydrogens is 402 g/mol. The van der Waals surface area contributed by atoms with Gasteiger partial charge in [-0.2, -0.15) is 0 Å². The predicted molar refractivity (Wildman–Crippen MR) is 126 cm³/mol. The van der Waals surface area contributed by atoms with Crippen LogP contribution in [-0.2, 0) is 11.3 Å². The Balaban J connectivity index is 1.74. The molecule has 0 bridgehead atoms. The molecule has 4 rings (SSSR count). The molecule has 1 aliphatic rings. The molecule has 6 nitrogen and oxygen atoms in total. The van der Waals surface area contributed by atoms with E-state index in [-0.39, 0.29) is 5.91 Å². The zero-order valence-corrected chi connectivity index (χ0v) is 19.1. The van der Waals surface area contributed by atoms with Gasteiger partial charge in [0.15, 0.2) is 0 Å². The molecule has 0 atom stereocenters. The Morgan fingerprint density at radius 1 is 1.09 bits per heavy atom. The molecule has 1 amide bonds. The summed E-state index contributed by atoms with van der Waals surface area (Å²) in [4.78, 5) is 17.5. The number of aromatic nitrogens is 1. The fourth-order valence-corrected chi connectivity index (χ4v) is 4.09. The fraction of sp³-hybridized carbons (Fsp3) is 0.385. The van der Waals surface area contributed by atoms with Crippen molar-refractivity contribution in [2.45, 2.75) is 27.3 Å². The van der Waals surface area contributed by atoms with Gasteiger partial charge >= 0.3 is 0 Å². The summed E-state index contributed by atoms with van der Waals surface area (Å²) in [5, 5.41) is 4.47. The lowest BCUT2D eigenvalue weighted by Gasteiger charge is -2.29. The van der Waals surface area contributed by atoms with Crippen molar-refractivity contribution in [2.75, 3.05) is 37.7 Å². The molecule has 0 spiro atoms. The summed E-state index contributed by atoms with van der Waals surface area (Å²) >= 11 is 0. The highest BCUT2D eigenvalue weighted by Gasteiger charge is 2.28. The summed E-state index contributed by atoms with van der Waals surface area (Å²) < 4.78 is 11.4. The van der Waals surface area contributed by atoms with Crippen molar-refractivity contribution < 1.29 is 14.1 Å². The van der Waals surface area contributed by atoms with Gasteiger partial charge in [-0.05, 0) is 31.0 Å². The number of aryl methyl sites for hydroxylation is 1. The summed E-state index contributed by atoms with van der Waals surface area (Å²) in [5.41, 5.74) is 4.59. The van der Waals surface area contributed by atoms with E-state index in [1.165, 1.54) is 0 Å². The first-order valence-corrected chi connectivity index (χ1v) is 11.3. The largest absolute Gasteiger partial charge is 0.378 e. The number of morpholine rings is 1. The minimum absolute atomic E-state index is 0.0172. The first kappa shape index (κ1) is 22.1. The van der Waals surface area contributed by atoms with Crippen LogP contribution in [0.1, 0.15) is 35.3 Å². The SMILES string of the molecule is Cc1cccc(-c2noc(N3CCOCC3)c2CN(CC(C)C)C(=O)c2ccccc2)c1. The van der Waals surface area contributed by atoms with Crippen LogP contribution in [-0.4, -0.2) is 48.8 Å². The standard InChI is InChI=1S/C26H31N3O3/c1-19(2)17-29(25(30)21-9-5-4-6-10-21)18-23-24(22-11-7-8-20(3)16-22)27-32-26(23)28-12-14-31-15-13-28/h4-11,16,19H,12-15,17-18H2,1-3H3. The molecule has 1 aromatic heterocycles. The zero-order chi connectivity index (χ0) is 22.5. The highest BCUT2D eigenvalue weighted by Crippen LogP contribution is 2.33. The first-order valence-electron chi connectivity index (χ1n) is 11.3. The molecule has 0 N–H and O–H groups in total. The highest BCUT2D eigenvalue weighted by atomic mass is 16.5. The van der Waals surface area contributed by atoms with Crippen molar-refractivity contribution in [3.8, 4) is 11.3 Å². The van der Waals surface area contributed by atoms with Crippen molar-refractivity contribution >= 4 is 11.8 Å². The molecule has 0 saturated carbocycles. The maximum absolute atomic E-state index is 13.4. The number of hydrogen-bond donors (Lipinski definition) is 0. The van der Waals surface area contributed by atoms with E-state index in [1.807, 2.05) is 47.4 Å². The molecule has 32 heavy (non-hydrogen) atoms. The lowest BCUT2D eigenvalue weighted by Crippen LogP contribution is -2.38. The van der Waals surface area contributed by atoms with E-state index in [1.54, 1.807) is 0 Å². The van der Waals surface area contributed by atoms with Crippen molar-refractivity contribution in [2.24, 2.45) is 5.92 Å². The number of nitrogens with zero attached hydrogens (tertiary/aromatic N) is 3. The molecule has 0 aliphatic carbocycles. The first-order chi connectivity index (χ1) is 15.5. The average Bonchev–Trinajstić information content (AvgIpc) is 3.22. The van der Waals surface area contributed by atoms with E-state index >= 15 is 0 Å². The summed E-state index contributed by atoms with van der Waals surface area (Å²) in [7, 11) is 0. The summed E-state index contributed by atoms with van der Waals surface area (Å²) in [6, 6.07) is 17.7. The molecule has 1 aliphatic heterocycles. The van der Waals surface area contributed by atoms with Gasteiger partial charge in [0, 0.05) is 30.8 Å². The topological polar surface area (TPSA) is 58.8 Å². The Morgan fingerprint density at radius 2 is 1.84 bits per heavy atom. The van der Waals surface area contributed by atoms with E-state index < -0.39 is 0 Å². The summed E-state index contributed by atoms with van der Waals surface area (Å²) in [6.45, 7) is 10.2. The lowest BCUT2D eigenvalue weighted by molar-refractivity contribution is 0.0722. The number of anilines is 1. The van der Waals surface area contributed by atoms with Gasteiger partial charge in [-0.25, -0.2) is 0 Å². The second kappa shape index (κ2) is 10.0. The maximum Gasteiger partial charge on any atom is 0.254 e. The van der Waals surface area contributed by atoms with Crippen LogP contribution in [0.2, 0.25) is 0 Å². The number of amides is 1. The Kier molecular flexibility index (Phi) is 6.90. The second-order valence-electron chi connectivity index (χ2n) is 8.73. The number of rotatable bonds is 7. The van der Waals surface area contributed by atoms with Crippen molar-refractivity contribution in [1.29, 1.82) is 0 Å². The highest BCUT2D eigenvalue weighted by molar-refractivity contribution is 5.94. The average molecular weight is 434 g/mol. The molecule has 0 unspecified atom stereocenters. The molecule has 6 heteroatoms. The van der Waals surface area contributed by atoms with Crippen LogP contribution in [0.3, 0.4) is 0 Å². The Bertz CT molecular complexity index is 1040. The van der Waals surface area contributed by atoms with Gasteiger partial charge in [0.25, 0.3) is 5.91 Å². The van der Waals surface area contributed by atoms with Crippen LogP contribution in [0.5, 0.6) is 0 Å². The second-order valence-corrected chi connectivity index (χ2v) is 8.73. The van der Waals surface area contributed by atoms with E-state index in [0.717, 1.165) is 41.4 Å². The van der Waals surface area contributed by atoms with Crippen LogP contribution in [0.25, 0.3) is 11.3 Å². The molecule has 3 aromatic rings. The normalized spacial score (nSPS) is 14.1. The smallest absolute Gasteiger partial charge is 0.254 e. The van der Waals surface area contributed by atoms with Crippen LogP contribution in [0, 0.1) is 12.8 Å². The molecule has 2 heterocycles. The van der Waals surface area contributed by atoms with Crippen molar-refractivity contribution in [1.82, 2.24) is 10.1 Å². The molecular formula is C26H31N3O3. The third-order valence-electron chi connectivity index (χ3n) is 5.60. The van der Waals surface area contributed by atoms with E-state index in [0.29, 0.717) is 37.8 Å². The Hall–Kier alpha value is -3.12.